The standard InChI is InChI=1S/C35H50N6O6/c1-35(2,3)47-34(46)40-14-8-24(9-15-40)20-31(43)39-12-10-25(11-13-39)22-37-16-18-38(19-17-37)27-4-5-28-26(21-27)23-41(33(28)45)29-6-7-30(42)36-32(29)44/h4-5,21,24-25,29H,6-20,22-23H2,1-3H3,(H,36,42,44). The van der Waals surface area contributed by atoms with Crippen LogP contribution in [0.5, 0.6) is 0 Å². The average Bonchev–Trinajstić information content (AvgIpc) is 3.36. The Labute approximate surface area is 277 Å². The van der Waals surface area contributed by atoms with Gasteiger partial charge in [-0.05, 0) is 88.5 Å². The molecule has 1 N–H and O–H groups in total. The number of benzene rings is 1. The monoisotopic (exact) mass is 650 g/mol. The van der Waals surface area contributed by atoms with Crippen LogP contribution in [0.3, 0.4) is 0 Å². The Kier molecular flexibility index (Phi) is 9.77. The van der Waals surface area contributed by atoms with Crippen molar-refractivity contribution in [3.05, 3.63) is 29.3 Å². The number of hydrogen-bond donors (Lipinski definition) is 1. The van der Waals surface area contributed by atoms with Crippen LogP contribution in [-0.4, -0.2) is 120 Å². The molecule has 0 aliphatic carbocycles. The van der Waals surface area contributed by atoms with E-state index >= 15 is 0 Å². The lowest BCUT2D eigenvalue weighted by Crippen LogP contribution is -2.52. The fourth-order valence-corrected chi connectivity index (χ4v) is 7.70. The highest BCUT2D eigenvalue weighted by atomic mass is 16.6. The SMILES string of the molecule is CC(C)(C)OC(=O)N1CCC(CC(=O)N2CCC(CN3CCN(c4ccc5c(c4)CN(C4CCC(=O)NC4=O)C5=O)CC3)CC2)CC1. The molecule has 5 aliphatic heterocycles. The first kappa shape index (κ1) is 33.2. The second-order valence-electron chi connectivity index (χ2n) is 15.0. The number of amides is 5. The molecule has 5 aliphatic rings. The molecular weight excluding hydrogens is 600 g/mol. The minimum Gasteiger partial charge on any atom is -0.444 e. The smallest absolute Gasteiger partial charge is 0.410 e. The molecule has 1 aromatic carbocycles. The third-order valence-corrected chi connectivity index (χ3v) is 10.5. The minimum atomic E-state index is -0.597. The molecule has 1 atom stereocenters. The number of carbonyl (C=O) groups is 5. The summed E-state index contributed by atoms with van der Waals surface area (Å²) in [6.07, 6.45) is 4.69. The molecule has 4 saturated heterocycles. The molecule has 5 heterocycles. The Bertz CT molecular complexity index is 1370. The topological polar surface area (TPSA) is 123 Å². The van der Waals surface area contributed by atoms with Crippen molar-refractivity contribution in [2.75, 3.05) is 63.8 Å². The lowest BCUT2D eigenvalue weighted by molar-refractivity contribution is -0.137. The number of fused-ring (bicyclic) bond motifs is 1. The molecule has 12 heteroatoms. The summed E-state index contributed by atoms with van der Waals surface area (Å²) in [6, 6.07) is 5.39. The van der Waals surface area contributed by atoms with E-state index in [-0.39, 0.29) is 36.1 Å². The Morgan fingerprint density at radius 1 is 0.851 bits per heavy atom. The number of likely N-dealkylation sites (tertiary alicyclic amines) is 2. The summed E-state index contributed by atoms with van der Waals surface area (Å²) in [5, 5.41) is 2.37. The molecule has 0 saturated carbocycles. The van der Waals surface area contributed by atoms with Crippen molar-refractivity contribution in [2.24, 2.45) is 11.8 Å². The van der Waals surface area contributed by atoms with Crippen LogP contribution in [0.15, 0.2) is 18.2 Å². The predicted octanol–water partition coefficient (Wildman–Crippen LogP) is 2.85. The quantitative estimate of drug-likeness (QED) is 0.467. The number of piperazine rings is 1. The summed E-state index contributed by atoms with van der Waals surface area (Å²) >= 11 is 0. The van der Waals surface area contributed by atoms with E-state index in [0.717, 1.165) is 82.7 Å². The van der Waals surface area contributed by atoms with Gasteiger partial charge in [-0.25, -0.2) is 4.79 Å². The van der Waals surface area contributed by atoms with Gasteiger partial charge < -0.3 is 24.3 Å². The number of imide groups is 1. The Balaban J connectivity index is 0.901. The molecule has 1 aromatic rings. The van der Waals surface area contributed by atoms with Crippen molar-refractivity contribution in [2.45, 2.75) is 83.9 Å². The molecule has 4 fully saturated rings. The molecule has 12 nitrogen and oxygen atoms in total. The second kappa shape index (κ2) is 13.8. The Hall–Kier alpha value is -3.67. The molecule has 256 valence electrons. The predicted molar refractivity (Wildman–Crippen MR) is 176 cm³/mol. The van der Waals surface area contributed by atoms with Crippen LogP contribution in [0.25, 0.3) is 0 Å². The van der Waals surface area contributed by atoms with E-state index in [1.54, 1.807) is 9.80 Å². The molecule has 1 unspecified atom stereocenters. The van der Waals surface area contributed by atoms with Gasteiger partial charge in [-0.1, -0.05) is 0 Å². The third kappa shape index (κ3) is 7.90. The van der Waals surface area contributed by atoms with Gasteiger partial charge in [0.15, 0.2) is 0 Å². The van der Waals surface area contributed by atoms with E-state index in [9.17, 15) is 24.0 Å². The van der Waals surface area contributed by atoms with Crippen molar-refractivity contribution >= 4 is 35.4 Å². The zero-order chi connectivity index (χ0) is 33.3. The maximum Gasteiger partial charge on any atom is 0.410 e. The van der Waals surface area contributed by atoms with Gasteiger partial charge in [-0.15, -0.1) is 0 Å². The first-order valence-corrected chi connectivity index (χ1v) is 17.4. The fraction of sp³-hybridized carbons (Fsp3) is 0.686. The molecule has 6 rings (SSSR count). The van der Waals surface area contributed by atoms with Gasteiger partial charge in [0.05, 0.1) is 0 Å². The van der Waals surface area contributed by atoms with Crippen LogP contribution in [0.1, 0.15) is 81.6 Å². The molecule has 0 bridgehead atoms. The molecular formula is C35H50N6O6. The van der Waals surface area contributed by atoms with Crippen LogP contribution in [0.4, 0.5) is 10.5 Å². The molecule has 5 amide bonds. The number of nitrogens with zero attached hydrogens (tertiary/aromatic N) is 5. The van der Waals surface area contributed by atoms with Crippen molar-refractivity contribution in [1.29, 1.82) is 0 Å². The molecule has 0 aromatic heterocycles. The highest BCUT2D eigenvalue weighted by molar-refractivity contribution is 6.05. The van der Waals surface area contributed by atoms with Crippen LogP contribution < -0.4 is 10.2 Å². The van der Waals surface area contributed by atoms with Crippen LogP contribution in [-0.2, 0) is 25.7 Å². The van der Waals surface area contributed by atoms with Gasteiger partial charge in [0, 0.05) is 89.5 Å². The van der Waals surface area contributed by atoms with Crippen molar-refractivity contribution in [3.63, 3.8) is 0 Å². The van der Waals surface area contributed by atoms with E-state index in [2.05, 4.69) is 26.1 Å². The molecule has 47 heavy (non-hydrogen) atoms. The summed E-state index contributed by atoms with van der Waals surface area (Å²) in [5.41, 5.74) is 2.18. The average molecular weight is 651 g/mol. The van der Waals surface area contributed by atoms with Gasteiger partial charge >= 0.3 is 6.09 Å². The van der Waals surface area contributed by atoms with Crippen molar-refractivity contribution in [3.8, 4) is 0 Å². The van der Waals surface area contributed by atoms with E-state index in [1.165, 1.54) is 0 Å². The summed E-state index contributed by atoms with van der Waals surface area (Å²) < 4.78 is 5.50. The maximum atomic E-state index is 13.1. The lowest BCUT2D eigenvalue weighted by atomic mass is 9.91. The molecule has 0 radical (unpaired) electrons. The highest BCUT2D eigenvalue weighted by Crippen LogP contribution is 2.31. The number of rotatable bonds is 6. The van der Waals surface area contributed by atoms with Crippen LogP contribution in [0.2, 0.25) is 0 Å². The largest absolute Gasteiger partial charge is 0.444 e. The zero-order valence-corrected chi connectivity index (χ0v) is 28.2. The van der Waals surface area contributed by atoms with E-state index in [1.807, 2.05) is 32.9 Å². The summed E-state index contributed by atoms with van der Waals surface area (Å²) in [7, 11) is 0. The number of nitrogens with one attached hydrogen (secondary N) is 1. The number of piperidine rings is 3. The molecule has 0 spiro atoms. The maximum absolute atomic E-state index is 13.1. The van der Waals surface area contributed by atoms with E-state index in [0.29, 0.717) is 49.9 Å². The van der Waals surface area contributed by atoms with Gasteiger partial charge in [-0.2, -0.15) is 0 Å². The van der Waals surface area contributed by atoms with E-state index < -0.39 is 11.6 Å². The number of anilines is 1. The number of carbonyl (C=O) groups excluding carboxylic acids is 5. The highest BCUT2D eigenvalue weighted by Gasteiger charge is 2.39. The van der Waals surface area contributed by atoms with Crippen LogP contribution in [0, 0.1) is 11.8 Å². The van der Waals surface area contributed by atoms with Gasteiger partial charge in [0.25, 0.3) is 5.91 Å². The Morgan fingerprint density at radius 2 is 1.51 bits per heavy atom. The van der Waals surface area contributed by atoms with Crippen LogP contribution >= 0.6 is 0 Å². The number of hydrogen-bond acceptors (Lipinski definition) is 8. The third-order valence-electron chi connectivity index (χ3n) is 10.5. The summed E-state index contributed by atoms with van der Waals surface area (Å²) in [5.74, 6) is 0.366. The minimum absolute atomic E-state index is 0.140. The lowest BCUT2D eigenvalue weighted by Gasteiger charge is -2.40. The van der Waals surface area contributed by atoms with Crippen molar-refractivity contribution in [1.82, 2.24) is 24.9 Å². The first-order valence-electron chi connectivity index (χ1n) is 17.4. The summed E-state index contributed by atoms with van der Waals surface area (Å²) in [6.45, 7) is 13.8. The zero-order valence-electron chi connectivity index (χ0n) is 28.2. The van der Waals surface area contributed by atoms with Gasteiger partial charge in [-0.3, -0.25) is 29.4 Å². The number of ether oxygens (including phenoxy) is 1. The normalized spacial score (nSPS) is 23.6. The van der Waals surface area contributed by atoms with Gasteiger partial charge in [0.2, 0.25) is 17.7 Å². The van der Waals surface area contributed by atoms with E-state index in [4.69, 9.17) is 4.74 Å². The first-order chi connectivity index (χ1) is 22.4. The Morgan fingerprint density at radius 3 is 2.17 bits per heavy atom. The fourth-order valence-electron chi connectivity index (χ4n) is 7.70. The summed E-state index contributed by atoms with van der Waals surface area (Å²) in [4.78, 5) is 72.8. The second-order valence-corrected chi connectivity index (χ2v) is 15.0. The van der Waals surface area contributed by atoms with Gasteiger partial charge in [0.1, 0.15) is 11.6 Å². The van der Waals surface area contributed by atoms with Crippen molar-refractivity contribution < 1.29 is 28.7 Å².